The fourth-order valence-electron chi connectivity index (χ4n) is 4.22. The summed E-state index contributed by atoms with van der Waals surface area (Å²) < 4.78 is 0. The van der Waals surface area contributed by atoms with Gasteiger partial charge in [0.2, 0.25) is 11.8 Å². The fraction of sp³-hybridized carbons (Fsp3) is 0.207. The number of nitrogens with zero attached hydrogens (tertiary/aromatic N) is 3. The molecule has 0 bridgehead atoms. The number of halogens is 2. The Hall–Kier alpha value is -3.41. The zero-order valence-corrected chi connectivity index (χ0v) is 21.8. The number of benzene rings is 3. The number of amides is 2. The number of rotatable bonds is 8. The maximum absolute atomic E-state index is 12.6. The van der Waals surface area contributed by atoms with Gasteiger partial charge < -0.3 is 9.80 Å². The first kappa shape index (κ1) is 25.7. The highest BCUT2D eigenvalue weighted by atomic mass is 35.5. The van der Waals surface area contributed by atoms with Gasteiger partial charge in [0.25, 0.3) is 0 Å². The van der Waals surface area contributed by atoms with Crippen LogP contribution in [-0.2, 0) is 22.4 Å². The van der Waals surface area contributed by atoms with E-state index in [1.54, 1.807) is 29.8 Å². The van der Waals surface area contributed by atoms with Crippen molar-refractivity contribution in [3.8, 4) is 0 Å². The standard InChI is InChI=1S/C29H27Cl2N3O2/c1-20(35)33(17-14-22-3-7-24(30)8-4-22)26-11-12-27-28(19-26)32-16-13-29(27)34(21(2)36)18-15-23-5-9-25(31)10-6-23/h3-13,16,19H,14-15,17-18H2,1-2H3. The lowest BCUT2D eigenvalue weighted by Gasteiger charge is -2.24. The molecule has 5 nitrogen and oxygen atoms in total. The van der Waals surface area contributed by atoms with Gasteiger partial charge >= 0.3 is 0 Å². The molecule has 0 saturated heterocycles. The number of carbonyl (C=O) groups is 2. The molecule has 0 spiro atoms. The molecule has 0 saturated carbocycles. The van der Waals surface area contributed by atoms with E-state index in [2.05, 4.69) is 4.98 Å². The lowest BCUT2D eigenvalue weighted by molar-refractivity contribution is -0.117. The SMILES string of the molecule is CC(=O)N(CCc1ccc(Cl)cc1)c1ccc2c(N(CCc3ccc(Cl)cc3)C(C)=O)ccnc2c1. The van der Waals surface area contributed by atoms with Gasteiger partial charge in [0, 0.05) is 54.3 Å². The van der Waals surface area contributed by atoms with Crippen LogP contribution >= 0.6 is 23.2 Å². The van der Waals surface area contributed by atoms with E-state index < -0.39 is 0 Å². The van der Waals surface area contributed by atoms with Gasteiger partial charge in [-0.1, -0.05) is 47.5 Å². The molecule has 0 N–H and O–H groups in total. The number of fused-ring (bicyclic) bond motifs is 1. The van der Waals surface area contributed by atoms with Crippen LogP contribution in [0.4, 0.5) is 11.4 Å². The van der Waals surface area contributed by atoms with Gasteiger partial charge in [-0.05, 0) is 72.5 Å². The number of carbonyl (C=O) groups excluding carboxylic acids is 2. The zero-order valence-electron chi connectivity index (χ0n) is 20.2. The normalized spacial score (nSPS) is 10.9. The topological polar surface area (TPSA) is 53.5 Å². The molecule has 1 aromatic heterocycles. The summed E-state index contributed by atoms with van der Waals surface area (Å²) in [5, 5.41) is 2.23. The quantitative estimate of drug-likeness (QED) is 0.259. The van der Waals surface area contributed by atoms with Crippen molar-refractivity contribution in [2.24, 2.45) is 0 Å². The maximum atomic E-state index is 12.6. The van der Waals surface area contributed by atoms with Crippen LogP contribution in [0.2, 0.25) is 10.0 Å². The van der Waals surface area contributed by atoms with E-state index in [-0.39, 0.29) is 11.8 Å². The molecule has 0 radical (unpaired) electrons. The smallest absolute Gasteiger partial charge is 0.223 e. The summed E-state index contributed by atoms with van der Waals surface area (Å²) in [5.41, 5.74) is 4.49. The van der Waals surface area contributed by atoms with E-state index in [1.807, 2.05) is 72.8 Å². The van der Waals surface area contributed by atoms with Crippen LogP contribution in [0, 0.1) is 0 Å². The van der Waals surface area contributed by atoms with E-state index in [4.69, 9.17) is 23.2 Å². The predicted octanol–water partition coefficient (Wildman–Crippen LogP) is 6.73. The van der Waals surface area contributed by atoms with Gasteiger partial charge in [0.1, 0.15) is 0 Å². The first-order valence-corrected chi connectivity index (χ1v) is 12.5. The van der Waals surface area contributed by atoms with Gasteiger partial charge in [-0.15, -0.1) is 0 Å². The molecule has 184 valence electrons. The van der Waals surface area contributed by atoms with E-state index >= 15 is 0 Å². The molecule has 36 heavy (non-hydrogen) atoms. The fourth-order valence-corrected chi connectivity index (χ4v) is 4.48. The van der Waals surface area contributed by atoms with E-state index in [0.717, 1.165) is 33.4 Å². The third-order valence-electron chi connectivity index (χ3n) is 6.14. The molecule has 2 amide bonds. The molecule has 4 rings (SSSR count). The van der Waals surface area contributed by atoms with Crippen molar-refractivity contribution in [2.75, 3.05) is 22.9 Å². The van der Waals surface area contributed by atoms with Gasteiger partial charge in [-0.2, -0.15) is 0 Å². The molecule has 0 fully saturated rings. The first-order valence-electron chi connectivity index (χ1n) is 11.8. The second-order valence-electron chi connectivity index (χ2n) is 8.63. The van der Waals surface area contributed by atoms with Gasteiger partial charge in [0.15, 0.2) is 0 Å². The summed E-state index contributed by atoms with van der Waals surface area (Å²) in [7, 11) is 0. The molecular weight excluding hydrogens is 493 g/mol. The van der Waals surface area contributed by atoms with Crippen LogP contribution in [0.5, 0.6) is 0 Å². The number of anilines is 2. The first-order chi connectivity index (χ1) is 17.3. The lowest BCUT2D eigenvalue weighted by atomic mass is 10.1. The summed E-state index contributed by atoms with van der Waals surface area (Å²) in [5.74, 6) is -0.0957. The Kier molecular flexibility index (Phi) is 8.24. The molecule has 1 heterocycles. The molecule has 0 aliphatic rings. The van der Waals surface area contributed by atoms with Crippen LogP contribution in [0.3, 0.4) is 0 Å². The Bertz CT molecular complexity index is 1370. The summed E-state index contributed by atoms with van der Waals surface area (Å²) >= 11 is 12.0. The third kappa shape index (κ3) is 6.23. The highest BCUT2D eigenvalue weighted by Crippen LogP contribution is 2.29. The van der Waals surface area contributed by atoms with Gasteiger partial charge in [-0.25, -0.2) is 0 Å². The van der Waals surface area contributed by atoms with Crippen molar-refractivity contribution in [3.05, 3.63) is 100 Å². The Morgan fingerprint density at radius 3 is 1.78 bits per heavy atom. The predicted molar refractivity (Wildman–Crippen MR) is 148 cm³/mol. The van der Waals surface area contributed by atoms with E-state index in [9.17, 15) is 9.59 Å². The minimum absolute atomic E-state index is 0.0473. The van der Waals surface area contributed by atoms with Gasteiger partial charge in [-0.3, -0.25) is 14.6 Å². The molecule has 4 aromatic rings. The number of aromatic nitrogens is 1. The van der Waals surface area contributed by atoms with E-state index in [1.165, 1.54) is 0 Å². The summed E-state index contributed by atoms with van der Waals surface area (Å²) in [4.78, 5) is 33.1. The molecule has 3 aromatic carbocycles. The molecule has 0 atom stereocenters. The average molecular weight is 520 g/mol. The Balaban J connectivity index is 1.58. The summed E-state index contributed by atoms with van der Waals surface area (Å²) in [6.45, 7) is 4.18. The largest absolute Gasteiger partial charge is 0.312 e. The average Bonchev–Trinajstić information content (AvgIpc) is 2.86. The molecule has 7 heteroatoms. The van der Waals surface area contributed by atoms with Crippen molar-refractivity contribution in [3.63, 3.8) is 0 Å². The third-order valence-corrected chi connectivity index (χ3v) is 6.64. The maximum Gasteiger partial charge on any atom is 0.223 e. The molecule has 0 aliphatic heterocycles. The molecular formula is C29H27Cl2N3O2. The number of hydrogen-bond donors (Lipinski definition) is 0. The molecule has 0 unspecified atom stereocenters. The second kappa shape index (κ2) is 11.5. The van der Waals surface area contributed by atoms with Crippen LogP contribution < -0.4 is 9.80 Å². The Labute approximate surface area is 221 Å². The van der Waals surface area contributed by atoms with Crippen LogP contribution in [-0.4, -0.2) is 29.9 Å². The van der Waals surface area contributed by atoms with Crippen molar-refractivity contribution >= 4 is 57.3 Å². The van der Waals surface area contributed by atoms with Crippen LogP contribution in [0.15, 0.2) is 79.0 Å². The van der Waals surface area contributed by atoms with Crippen molar-refractivity contribution in [1.82, 2.24) is 4.98 Å². The minimum Gasteiger partial charge on any atom is -0.312 e. The molecule has 0 aliphatic carbocycles. The monoisotopic (exact) mass is 519 g/mol. The van der Waals surface area contributed by atoms with Crippen LogP contribution in [0.1, 0.15) is 25.0 Å². The minimum atomic E-state index is -0.0483. The number of pyridine rings is 1. The Morgan fingerprint density at radius 2 is 1.25 bits per heavy atom. The van der Waals surface area contributed by atoms with Crippen molar-refractivity contribution in [2.45, 2.75) is 26.7 Å². The zero-order chi connectivity index (χ0) is 25.7. The van der Waals surface area contributed by atoms with Gasteiger partial charge in [0.05, 0.1) is 11.2 Å². The highest BCUT2D eigenvalue weighted by molar-refractivity contribution is 6.30. The highest BCUT2D eigenvalue weighted by Gasteiger charge is 2.17. The summed E-state index contributed by atoms with van der Waals surface area (Å²) in [6.07, 6.45) is 3.10. The van der Waals surface area contributed by atoms with Crippen molar-refractivity contribution < 1.29 is 9.59 Å². The lowest BCUT2D eigenvalue weighted by Crippen LogP contribution is -2.31. The van der Waals surface area contributed by atoms with Crippen molar-refractivity contribution in [1.29, 1.82) is 0 Å². The van der Waals surface area contributed by atoms with E-state index in [0.29, 0.717) is 36.0 Å². The Morgan fingerprint density at radius 1 is 0.722 bits per heavy atom. The summed E-state index contributed by atoms with van der Waals surface area (Å²) in [6, 6.07) is 22.9. The number of hydrogen-bond acceptors (Lipinski definition) is 3. The second-order valence-corrected chi connectivity index (χ2v) is 9.50. The van der Waals surface area contributed by atoms with Crippen LogP contribution in [0.25, 0.3) is 10.9 Å².